The largest absolute Gasteiger partial charge is 0.462 e. The third kappa shape index (κ3) is 24.5. The number of ether oxygens (including phenoxy) is 4. The van der Waals surface area contributed by atoms with E-state index in [0.29, 0.717) is 12.8 Å². The smallest absolute Gasteiger partial charge is 0.306 e. The number of esters is 2. The quantitative estimate of drug-likeness (QED) is 0.0325. The number of allylic oxidation sites excluding steroid dienone is 8. The predicted octanol–water partition coefficient (Wildman–Crippen LogP) is 7.32. The Morgan fingerprint density at radius 1 is 0.608 bits per heavy atom. The highest BCUT2D eigenvalue weighted by molar-refractivity contribution is 5.70. The van der Waals surface area contributed by atoms with Crippen LogP contribution >= 0.6 is 0 Å². The van der Waals surface area contributed by atoms with Crippen LogP contribution in [0.5, 0.6) is 0 Å². The molecule has 0 spiro atoms. The maximum atomic E-state index is 12.6. The number of aliphatic hydroxyl groups is 4. The predicted molar refractivity (Wildman–Crippen MR) is 201 cm³/mol. The molecule has 6 atom stereocenters. The van der Waals surface area contributed by atoms with Crippen LogP contribution in [-0.4, -0.2) is 89.0 Å². The monoisotopic (exact) mass is 722 g/mol. The molecule has 1 fully saturated rings. The van der Waals surface area contributed by atoms with Crippen molar-refractivity contribution in [2.75, 3.05) is 19.8 Å². The fourth-order valence-corrected chi connectivity index (χ4v) is 5.53. The van der Waals surface area contributed by atoms with Gasteiger partial charge < -0.3 is 39.4 Å². The molecule has 0 amide bonds. The van der Waals surface area contributed by atoms with Gasteiger partial charge in [-0.3, -0.25) is 9.59 Å². The number of unbranched alkanes of at least 4 members (excludes halogenated alkanes) is 12. The average Bonchev–Trinajstić information content (AvgIpc) is 3.13. The van der Waals surface area contributed by atoms with Crippen LogP contribution in [0.1, 0.15) is 142 Å². The third-order valence-electron chi connectivity index (χ3n) is 8.70. The number of aliphatic hydroxyl groups excluding tert-OH is 4. The SMILES string of the molecule is CCC/C=C/C/C=C/C/C=C/C/C=C/CCCCCC(=O)OC[C@@H](CO[C@H]1O[C@@H](CO)[C@@H](O)C(O)C1O)OC(=O)CCCCCCCCCCC. The molecule has 0 aliphatic carbocycles. The van der Waals surface area contributed by atoms with Gasteiger partial charge in [-0.2, -0.15) is 0 Å². The second kappa shape index (κ2) is 32.3. The number of carbonyl (C=O) groups excluding carboxylic acids is 2. The zero-order valence-corrected chi connectivity index (χ0v) is 31.6. The maximum Gasteiger partial charge on any atom is 0.306 e. The molecule has 0 aromatic rings. The second-order valence-corrected chi connectivity index (χ2v) is 13.4. The fraction of sp³-hybridized carbons (Fsp3) is 0.756. The molecule has 1 saturated heterocycles. The molecule has 1 aliphatic heterocycles. The van der Waals surface area contributed by atoms with Crippen molar-refractivity contribution < 1.29 is 49.0 Å². The molecule has 1 rings (SSSR count). The molecule has 0 saturated carbocycles. The Hall–Kier alpha value is -2.34. The maximum absolute atomic E-state index is 12.6. The van der Waals surface area contributed by atoms with Crippen molar-refractivity contribution in [3.05, 3.63) is 48.6 Å². The van der Waals surface area contributed by atoms with Gasteiger partial charge >= 0.3 is 11.9 Å². The summed E-state index contributed by atoms with van der Waals surface area (Å²) in [6, 6.07) is 0. The number of carbonyl (C=O) groups is 2. The lowest BCUT2D eigenvalue weighted by Crippen LogP contribution is -2.59. The lowest BCUT2D eigenvalue weighted by atomic mass is 9.99. The van der Waals surface area contributed by atoms with Gasteiger partial charge in [0.05, 0.1) is 13.2 Å². The molecule has 10 heteroatoms. The molecule has 0 aromatic carbocycles. The first kappa shape index (κ1) is 46.7. The van der Waals surface area contributed by atoms with Gasteiger partial charge in [0.25, 0.3) is 0 Å². The summed E-state index contributed by atoms with van der Waals surface area (Å²) in [5.74, 6) is -0.850. The van der Waals surface area contributed by atoms with Gasteiger partial charge in [0.1, 0.15) is 31.0 Å². The molecule has 1 heterocycles. The van der Waals surface area contributed by atoms with Crippen molar-refractivity contribution in [3.63, 3.8) is 0 Å². The number of rotatable bonds is 31. The minimum Gasteiger partial charge on any atom is -0.462 e. The van der Waals surface area contributed by atoms with Crippen molar-refractivity contribution in [2.45, 2.75) is 179 Å². The fourth-order valence-electron chi connectivity index (χ4n) is 5.53. The third-order valence-corrected chi connectivity index (χ3v) is 8.70. The van der Waals surface area contributed by atoms with Crippen molar-refractivity contribution in [1.82, 2.24) is 0 Å². The van der Waals surface area contributed by atoms with Crippen molar-refractivity contribution >= 4 is 11.9 Å². The Labute approximate surface area is 308 Å². The molecular formula is C41H70O10. The molecule has 0 bridgehead atoms. The van der Waals surface area contributed by atoms with Crippen LogP contribution in [0.15, 0.2) is 48.6 Å². The van der Waals surface area contributed by atoms with Crippen LogP contribution in [0, 0.1) is 0 Å². The molecule has 4 N–H and O–H groups in total. The Morgan fingerprint density at radius 2 is 1.14 bits per heavy atom. The minimum absolute atomic E-state index is 0.222. The summed E-state index contributed by atoms with van der Waals surface area (Å²) in [5.41, 5.74) is 0. The van der Waals surface area contributed by atoms with Gasteiger partial charge in [0, 0.05) is 12.8 Å². The van der Waals surface area contributed by atoms with Gasteiger partial charge in [-0.25, -0.2) is 0 Å². The molecule has 0 radical (unpaired) electrons. The van der Waals surface area contributed by atoms with E-state index in [2.05, 4.69) is 62.5 Å². The van der Waals surface area contributed by atoms with Gasteiger partial charge in [-0.05, 0) is 51.4 Å². The first-order valence-electron chi connectivity index (χ1n) is 19.7. The van der Waals surface area contributed by atoms with Gasteiger partial charge in [-0.15, -0.1) is 0 Å². The summed E-state index contributed by atoms with van der Waals surface area (Å²) in [6.07, 6.45) is 28.4. The first-order chi connectivity index (χ1) is 24.8. The summed E-state index contributed by atoms with van der Waals surface area (Å²) in [6.45, 7) is 3.27. The average molecular weight is 723 g/mol. The Kier molecular flexibility index (Phi) is 29.6. The first-order valence-corrected chi connectivity index (χ1v) is 19.7. The van der Waals surface area contributed by atoms with E-state index in [1.165, 1.54) is 38.5 Å². The lowest BCUT2D eigenvalue weighted by Gasteiger charge is -2.39. The minimum atomic E-state index is -1.60. The van der Waals surface area contributed by atoms with Gasteiger partial charge in [0.15, 0.2) is 12.4 Å². The summed E-state index contributed by atoms with van der Waals surface area (Å²) in [7, 11) is 0. The Balaban J connectivity index is 2.39. The highest BCUT2D eigenvalue weighted by Crippen LogP contribution is 2.22. The molecule has 2 unspecified atom stereocenters. The van der Waals surface area contributed by atoms with E-state index >= 15 is 0 Å². The van der Waals surface area contributed by atoms with Crippen LogP contribution in [-0.2, 0) is 28.5 Å². The van der Waals surface area contributed by atoms with E-state index in [1.807, 2.05) is 0 Å². The molecule has 294 valence electrons. The van der Waals surface area contributed by atoms with E-state index in [4.69, 9.17) is 18.9 Å². The summed E-state index contributed by atoms with van der Waals surface area (Å²) < 4.78 is 22.0. The molecule has 1 aliphatic rings. The van der Waals surface area contributed by atoms with Crippen LogP contribution in [0.4, 0.5) is 0 Å². The summed E-state index contributed by atoms with van der Waals surface area (Å²) in [5, 5.41) is 39.9. The zero-order chi connectivity index (χ0) is 37.4. The molecule has 10 nitrogen and oxygen atoms in total. The lowest BCUT2D eigenvalue weighted by molar-refractivity contribution is -0.305. The van der Waals surface area contributed by atoms with Crippen LogP contribution in [0.3, 0.4) is 0 Å². The van der Waals surface area contributed by atoms with Crippen molar-refractivity contribution in [3.8, 4) is 0 Å². The Bertz CT molecular complexity index is 975. The number of hydrogen-bond acceptors (Lipinski definition) is 10. The van der Waals surface area contributed by atoms with Crippen molar-refractivity contribution in [1.29, 1.82) is 0 Å². The summed E-state index contributed by atoms with van der Waals surface area (Å²) in [4.78, 5) is 25.1. The van der Waals surface area contributed by atoms with Crippen LogP contribution in [0.2, 0.25) is 0 Å². The van der Waals surface area contributed by atoms with Crippen LogP contribution < -0.4 is 0 Å². The van der Waals surface area contributed by atoms with Crippen molar-refractivity contribution in [2.24, 2.45) is 0 Å². The van der Waals surface area contributed by atoms with E-state index in [9.17, 15) is 30.0 Å². The van der Waals surface area contributed by atoms with E-state index in [-0.39, 0.29) is 26.1 Å². The molecule has 51 heavy (non-hydrogen) atoms. The molecule has 0 aromatic heterocycles. The van der Waals surface area contributed by atoms with E-state index < -0.39 is 55.4 Å². The number of hydrogen-bond donors (Lipinski definition) is 4. The van der Waals surface area contributed by atoms with E-state index in [1.54, 1.807) is 0 Å². The highest BCUT2D eigenvalue weighted by atomic mass is 16.7. The van der Waals surface area contributed by atoms with Gasteiger partial charge in [-0.1, -0.05) is 127 Å². The topological polar surface area (TPSA) is 152 Å². The molecular weight excluding hydrogens is 652 g/mol. The highest BCUT2D eigenvalue weighted by Gasteiger charge is 2.44. The second-order valence-electron chi connectivity index (χ2n) is 13.4. The van der Waals surface area contributed by atoms with E-state index in [0.717, 1.165) is 64.2 Å². The van der Waals surface area contributed by atoms with Crippen LogP contribution in [0.25, 0.3) is 0 Å². The summed E-state index contributed by atoms with van der Waals surface area (Å²) >= 11 is 0. The van der Waals surface area contributed by atoms with Gasteiger partial charge in [0.2, 0.25) is 0 Å². The Morgan fingerprint density at radius 3 is 1.73 bits per heavy atom. The normalized spacial score (nSPS) is 21.7. The zero-order valence-electron chi connectivity index (χ0n) is 31.6. The standard InChI is InChI=1S/C41H70O10/c1-3-5-7-9-11-13-14-15-16-17-18-19-20-22-23-25-27-29-36(43)48-32-34(33-49-41-40(47)39(46)38(45)35(31-42)51-41)50-37(44)30-28-26-24-21-12-10-8-6-4-2/h7,9,13-14,16-17,19-20,34-35,38-42,45-47H,3-6,8,10-12,15,18,21-33H2,1-2H3/b9-7+,14-13+,17-16+,20-19+/t34-,35-,38+,39?,40?,41-/m0/s1.